The Morgan fingerprint density at radius 2 is 2.13 bits per heavy atom. The Balaban J connectivity index is 1.45. The van der Waals surface area contributed by atoms with Gasteiger partial charge in [-0.25, -0.2) is 0 Å². The van der Waals surface area contributed by atoms with E-state index in [4.69, 9.17) is 9.51 Å². The molecule has 1 N–H and O–H groups in total. The number of rotatable bonds is 3. The molecular weight excluding hydrogens is 382 g/mol. The van der Waals surface area contributed by atoms with Crippen LogP contribution >= 0.6 is 0 Å². The third-order valence-corrected chi connectivity index (χ3v) is 6.28. The molecule has 156 valence electrons. The quantitative estimate of drug-likeness (QED) is 0.711. The molecule has 1 saturated heterocycles. The number of amides is 1. The summed E-state index contributed by atoms with van der Waals surface area (Å²) >= 11 is 0. The topological polar surface area (TPSA) is 104 Å². The third kappa shape index (κ3) is 3.09. The van der Waals surface area contributed by atoms with E-state index in [9.17, 15) is 4.79 Å². The van der Waals surface area contributed by atoms with Gasteiger partial charge in [0.25, 0.3) is 5.91 Å². The highest BCUT2D eigenvalue weighted by atomic mass is 16.5. The number of carbonyl (C=O) groups excluding carboxylic acids is 1. The lowest BCUT2D eigenvalue weighted by Crippen LogP contribution is -2.36. The molecule has 0 saturated carbocycles. The number of aromatic amines is 1. The minimum absolute atomic E-state index is 0.0138. The predicted molar refractivity (Wildman–Crippen MR) is 109 cm³/mol. The highest BCUT2D eigenvalue weighted by Crippen LogP contribution is 2.34. The van der Waals surface area contributed by atoms with Crippen molar-refractivity contribution in [3.05, 3.63) is 46.4 Å². The van der Waals surface area contributed by atoms with Crippen LogP contribution in [0, 0.1) is 13.8 Å². The summed E-state index contributed by atoms with van der Waals surface area (Å²) in [5.41, 5.74) is 5.40. The van der Waals surface area contributed by atoms with Gasteiger partial charge < -0.3 is 9.42 Å². The number of hydrogen-bond donors (Lipinski definition) is 1. The molecule has 2 aliphatic heterocycles. The molecule has 2 aliphatic rings. The fourth-order valence-electron chi connectivity index (χ4n) is 4.55. The van der Waals surface area contributed by atoms with Crippen molar-refractivity contribution in [1.82, 2.24) is 35.1 Å². The standard InChI is InChI=1S/C21H25N7O2/c1-12-16(10-23-25-12)21(29)28-8-6-15-14(11-28)9-22-13(2)18(15)19-24-20(30-26-19)17-5-4-7-27(17)3/h9-10,17H,4-8,11H2,1-3H3,(H,23,25). The number of aromatic nitrogens is 5. The van der Waals surface area contributed by atoms with Crippen molar-refractivity contribution in [2.24, 2.45) is 0 Å². The Bertz CT molecular complexity index is 1100. The first kappa shape index (κ1) is 18.9. The largest absolute Gasteiger partial charge is 0.337 e. The van der Waals surface area contributed by atoms with E-state index in [0.717, 1.165) is 53.9 Å². The summed E-state index contributed by atoms with van der Waals surface area (Å²) in [6.07, 6.45) is 6.35. The second kappa shape index (κ2) is 7.32. The second-order valence-corrected chi connectivity index (χ2v) is 8.20. The maximum absolute atomic E-state index is 12.9. The molecule has 9 nitrogen and oxygen atoms in total. The number of aryl methyl sites for hydroxylation is 2. The number of fused-ring (bicyclic) bond motifs is 1. The van der Waals surface area contributed by atoms with Crippen molar-refractivity contribution >= 4 is 5.91 Å². The number of H-pyrrole nitrogens is 1. The molecule has 0 spiro atoms. The zero-order valence-electron chi connectivity index (χ0n) is 17.5. The summed E-state index contributed by atoms with van der Waals surface area (Å²) in [5.74, 6) is 1.25. The van der Waals surface area contributed by atoms with Gasteiger partial charge in [-0.2, -0.15) is 10.1 Å². The maximum Gasteiger partial charge on any atom is 0.257 e. The molecule has 3 aromatic rings. The first-order valence-electron chi connectivity index (χ1n) is 10.3. The van der Waals surface area contributed by atoms with E-state index < -0.39 is 0 Å². The Labute approximate surface area is 174 Å². The van der Waals surface area contributed by atoms with Crippen LogP contribution in [-0.2, 0) is 13.0 Å². The minimum Gasteiger partial charge on any atom is -0.337 e. The third-order valence-electron chi connectivity index (χ3n) is 6.28. The summed E-state index contributed by atoms with van der Waals surface area (Å²) in [6.45, 7) is 6.01. The molecule has 1 unspecified atom stereocenters. The van der Waals surface area contributed by atoms with Crippen molar-refractivity contribution in [2.45, 2.75) is 45.7 Å². The van der Waals surface area contributed by atoms with Gasteiger partial charge in [-0.3, -0.25) is 19.8 Å². The van der Waals surface area contributed by atoms with E-state index in [1.807, 2.05) is 24.9 Å². The molecule has 1 amide bonds. The highest BCUT2D eigenvalue weighted by Gasteiger charge is 2.31. The minimum atomic E-state index is -0.0138. The van der Waals surface area contributed by atoms with Crippen molar-refractivity contribution in [3.8, 4) is 11.4 Å². The number of likely N-dealkylation sites (tertiary alicyclic amines) is 1. The van der Waals surface area contributed by atoms with Crippen LogP contribution in [0.4, 0.5) is 0 Å². The fraction of sp³-hybridized carbons (Fsp3) is 0.476. The van der Waals surface area contributed by atoms with E-state index in [2.05, 4.69) is 32.3 Å². The fourth-order valence-corrected chi connectivity index (χ4v) is 4.55. The lowest BCUT2D eigenvalue weighted by molar-refractivity contribution is 0.0734. The van der Waals surface area contributed by atoms with E-state index in [0.29, 0.717) is 30.4 Å². The van der Waals surface area contributed by atoms with Gasteiger partial charge in [-0.05, 0) is 57.8 Å². The van der Waals surface area contributed by atoms with Crippen LogP contribution in [0.15, 0.2) is 16.9 Å². The number of hydrogen-bond acceptors (Lipinski definition) is 7. The van der Waals surface area contributed by atoms with Crippen LogP contribution in [0.3, 0.4) is 0 Å². The van der Waals surface area contributed by atoms with Gasteiger partial charge in [0.15, 0.2) is 0 Å². The average molecular weight is 407 g/mol. The molecule has 0 bridgehead atoms. The number of nitrogens with one attached hydrogen (secondary N) is 1. The Morgan fingerprint density at radius 3 is 2.87 bits per heavy atom. The maximum atomic E-state index is 12.9. The van der Waals surface area contributed by atoms with Crippen LogP contribution < -0.4 is 0 Å². The molecule has 0 aromatic carbocycles. The number of pyridine rings is 1. The molecule has 5 heterocycles. The first-order valence-corrected chi connectivity index (χ1v) is 10.3. The summed E-state index contributed by atoms with van der Waals surface area (Å²) in [6, 6.07) is 0.186. The average Bonchev–Trinajstić information content (AvgIpc) is 3.48. The summed E-state index contributed by atoms with van der Waals surface area (Å²) < 4.78 is 5.64. The molecule has 1 atom stereocenters. The SMILES string of the molecule is Cc1ncc2c(c1-c1noc(C3CCCN3C)n1)CCN(C(=O)c1cn[nH]c1C)C2. The molecular formula is C21H25N7O2. The molecule has 0 radical (unpaired) electrons. The number of carbonyl (C=O) groups is 1. The second-order valence-electron chi connectivity index (χ2n) is 8.20. The number of nitrogens with zero attached hydrogens (tertiary/aromatic N) is 6. The predicted octanol–water partition coefficient (Wildman–Crippen LogP) is 2.44. The molecule has 9 heteroatoms. The van der Waals surface area contributed by atoms with Gasteiger partial charge in [-0.1, -0.05) is 5.16 Å². The Kier molecular flexibility index (Phi) is 4.62. The molecule has 0 aliphatic carbocycles. The molecule has 3 aromatic heterocycles. The van der Waals surface area contributed by atoms with Gasteiger partial charge in [-0.15, -0.1) is 0 Å². The smallest absolute Gasteiger partial charge is 0.257 e. The van der Waals surface area contributed by atoms with E-state index in [1.165, 1.54) is 0 Å². The summed E-state index contributed by atoms with van der Waals surface area (Å²) in [4.78, 5) is 26.3. The lowest BCUT2D eigenvalue weighted by Gasteiger charge is -2.30. The van der Waals surface area contributed by atoms with Crippen LogP contribution in [0.25, 0.3) is 11.4 Å². The first-order chi connectivity index (χ1) is 14.5. The zero-order chi connectivity index (χ0) is 20.8. The van der Waals surface area contributed by atoms with E-state index in [-0.39, 0.29) is 11.9 Å². The van der Waals surface area contributed by atoms with Crippen LogP contribution in [0.2, 0.25) is 0 Å². The lowest BCUT2D eigenvalue weighted by atomic mass is 9.94. The molecule has 1 fully saturated rings. The van der Waals surface area contributed by atoms with Crippen molar-refractivity contribution in [3.63, 3.8) is 0 Å². The summed E-state index contributed by atoms with van der Waals surface area (Å²) in [7, 11) is 2.09. The normalized spacial score (nSPS) is 19.3. The van der Waals surface area contributed by atoms with E-state index in [1.54, 1.807) is 6.20 Å². The van der Waals surface area contributed by atoms with Crippen molar-refractivity contribution < 1.29 is 9.32 Å². The Hall–Kier alpha value is -3.07. The van der Waals surface area contributed by atoms with Gasteiger partial charge in [0.1, 0.15) is 0 Å². The van der Waals surface area contributed by atoms with Gasteiger partial charge in [0, 0.05) is 36.2 Å². The Morgan fingerprint density at radius 1 is 1.27 bits per heavy atom. The van der Waals surface area contributed by atoms with Gasteiger partial charge in [0.2, 0.25) is 11.7 Å². The van der Waals surface area contributed by atoms with E-state index >= 15 is 0 Å². The zero-order valence-corrected chi connectivity index (χ0v) is 17.5. The van der Waals surface area contributed by atoms with Crippen LogP contribution in [0.1, 0.15) is 57.6 Å². The monoisotopic (exact) mass is 407 g/mol. The van der Waals surface area contributed by atoms with Crippen molar-refractivity contribution in [1.29, 1.82) is 0 Å². The van der Waals surface area contributed by atoms with Crippen LogP contribution in [0.5, 0.6) is 0 Å². The van der Waals surface area contributed by atoms with Gasteiger partial charge in [0.05, 0.1) is 17.8 Å². The van der Waals surface area contributed by atoms with Crippen LogP contribution in [-0.4, -0.2) is 61.2 Å². The highest BCUT2D eigenvalue weighted by molar-refractivity contribution is 5.95. The van der Waals surface area contributed by atoms with Gasteiger partial charge >= 0.3 is 0 Å². The molecule has 30 heavy (non-hydrogen) atoms. The summed E-state index contributed by atoms with van der Waals surface area (Å²) in [5, 5.41) is 11.1. The molecule has 5 rings (SSSR count). The van der Waals surface area contributed by atoms with Crippen molar-refractivity contribution in [2.75, 3.05) is 20.1 Å².